The Bertz CT molecular complexity index is 1110. The van der Waals surface area contributed by atoms with Gasteiger partial charge < -0.3 is 19.9 Å². The van der Waals surface area contributed by atoms with E-state index in [0.717, 1.165) is 0 Å². The first-order valence-electron chi connectivity index (χ1n) is 10.7. The average Bonchev–Trinajstić information content (AvgIpc) is 2.87. The molecule has 0 saturated heterocycles. The quantitative estimate of drug-likeness (QED) is 0.518. The zero-order chi connectivity index (χ0) is 23.8. The highest BCUT2D eigenvalue weighted by atomic mass is 16.5. The molecule has 0 bridgehead atoms. The number of nitrogens with one attached hydrogen (secondary N) is 1. The second-order valence-electron chi connectivity index (χ2n) is 7.84. The summed E-state index contributed by atoms with van der Waals surface area (Å²) < 4.78 is 10.8. The second kappa shape index (κ2) is 10.7. The van der Waals surface area contributed by atoms with E-state index < -0.39 is 17.6 Å². The number of rotatable bonds is 9. The van der Waals surface area contributed by atoms with Crippen molar-refractivity contribution in [2.75, 3.05) is 14.2 Å². The van der Waals surface area contributed by atoms with Gasteiger partial charge in [-0.05, 0) is 35.7 Å². The van der Waals surface area contributed by atoms with E-state index in [-0.39, 0.29) is 12.3 Å². The lowest BCUT2D eigenvalue weighted by Gasteiger charge is -2.29. The van der Waals surface area contributed by atoms with Crippen LogP contribution in [0.3, 0.4) is 0 Å². The number of nitriles is 1. The third-order valence-electron chi connectivity index (χ3n) is 5.76. The number of carbonyl (C=O) groups is 1. The lowest BCUT2D eigenvalue weighted by atomic mass is 9.73. The summed E-state index contributed by atoms with van der Waals surface area (Å²) in [7, 11) is 3.07. The number of hydrogen-bond acceptors (Lipinski definition) is 5. The van der Waals surface area contributed by atoms with E-state index in [1.807, 2.05) is 48.5 Å². The summed E-state index contributed by atoms with van der Waals surface area (Å²) in [5.41, 5.74) is 0.744. The van der Waals surface area contributed by atoms with Crippen LogP contribution in [0.1, 0.15) is 36.1 Å². The second-order valence-corrected chi connectivity index (χ2v) is 7.84. The molecular weight excluding hydrogens is 416 g/mol. The number of carbonyl (C=O) groups excluding carboxylic acids is 1. The molecule has 2 N–H and O–H groups in total. The summed E-state index contributed by atoms with van der Waals surface area (Å²) in [6.07, 6.45) is -1.00. The van der Waals surface area contributed by atoms with Crippen LogP contribution in [0, 0.1) is 11.3 Å². The third kappa shape index (κ3) is 5.16. The maximum Gasteiger partial charge on any atom is 0.222 e. The van der Waals surface area contributed by atoms with Crippen molar-refractivity contribution in [2.24, 2.45) is 0 Å². The van der Waals surface area contributed by atoms with E-state index in [1.165, 1.54) is 7.11 Å². The standard InChI is InChI=1S/C27H28N2O4/c1-19(26(31)20-10-6-4-7-11-20)29-25(30)17-27(18-28,21-12-8-5-9-13-21)22-14-15-23(32-2)24(16-22)33-3/h4-16,19,26,31H,17H2,1-3H3,(H,29,30). The van der Waals surface area contributed by atoms with Gasteiger partial charge in [0, 0.05) is 0 Å². The molecule has 1 amide bonds. The van der Waals surface area contributed by atoms with Gasteiger partial charge in [-0.15, -0.1) is 0 Å². The Morgan fingerprint density at radius 3 is 2.15 bits per heavy atom. The van der Waals surface area contributed by atoms with Gasteiger partial charge in [-0.2, -0.15) is 5.26 Å². The normalized spacial score (nSPS) is 14.3. The third-order valence-corrected chi connectivity index (χ3v) is 5.76. The van der Waals surface area contributed by atoms with Crippen LogP contribution >= 0.6 is 0 Å². The number of methoxy groups -OCH3 is 2. The van der Waals surface area contributed by atoms with E-state index in [1.54, 1.807) is 44.4 Å². The molecule has 0 aromatic heterocycles. The number of aliphatic hydroxyl groups excluding tert-OH is 1. The Balaban J connectivity index is 1.94. The molecule has 0 aliphatic carbocycles. The molecule has 3 rings (SSSR count). The van der Waals surface area contributed by atoms with E-state index in [2.05, 4.69) is 11.4 Å². The van der Waals surface area contributed by atoms with Crippen LogP contribution in [0.25, 0.3) is 0 Å². The Kier molecular flexibility index (Phi) is 7.70. The Hall–Kier alpha value is -3.82. The van der Waals surface area contributed by atoms with Crippen molar-refractivity contribution >= 4 is 5.91 Å². The van der Waals surface area contributed by atoms with Crippen LogP contribution < -0.4 is 14.8 Å². The van der Waals surface area contributed by atoms with Gasteiger partial charge in [0.1, 0.15) is 5.41 Å². The molecule has 0 heterocycles. The van der Waals surface area contributed by atoms with Crippen LogP contribution in [0.5, 0.6) is 11.5 Å². The van der Waals surface area contributed by atoms with Crippen molar-refractivity contribution in [3.63, 3.8) is 0 Å². The van der Waals surface area contributed by atoms with E-state index in [4.69, 9.17) is 9.47 Å². The molecule has 3 aromatic rings. The first-order chi connectivity index (χ1) is 15.9. The smallest absolute Gasteiger partial charge is 0.222 e. The van der Waals surface area contributed by atoms with Crippen molar-refractivity contribution in [1.82, 2.24) is 5.32 Å². The zero-order valence-corrected chi connectivity index (χ0v) is 19.0. The molecular formula is C27H28N2O4. The lowest BCUT2D eigenvalue weighted by Crippen LogP contribution is -2.41. The summed E-state index contributed by atoms with van der Waals surface area (Å²) in [5, 5.41) is 23.9. The molecule has 0 radical (unpaired) electrons. The highest BCUT2D eigenvalue weighted by Crippen LogP contribution is 2.39. The number of hydrogen-bond donors (Lipinski definition) is 2. The van der Waals surface area contributed by atoms with Crippen LogP contribution in [0.2, 0.25) is 0 Å². The van der Waals surface area contributed by atoms with Crippen LogP contribution in [0.4, 0.5) is 0 Å². The fourth-order valence-corrected chi connectivity index (χ4v) is 3.93. The Labute approximate surface area is 194 Å². The summed E-state index contributed by atoms with van der Waals surface area (Å²) >= 11 is 0. The molecule has 0 saturated carbocycles. The van der Waals surface area contributed by atoms with E-state index in [9.17, 15) is 15.2 Å². The number of aliphatic hydroxyl groups is 1. The highest BCUT2D eigenvalue weighted by Gasteiger charge is 2.38. The Morgan fingerprint density at radius 1 is 0.970 bits per heavy atom. The van der Waals surface area contributed by atoms with Crippen LogP contribution in [0.15, 0.2) is 78.9 Å². The molecule has 0 fully saturated rings. The molecule has 0 aliphatic heterocycles. The predicted molar refractivity (Wildman–Crippen MR) is 126 cm³/mol. The Morgan fingerprint density at radius 2 is 1.58 bits per heavy atom. The summed E-state index contributed by atoms with van der Waals surface area (Å²) in [5.74, 6) is 0.654. The van der Waals surface area contributed by atoms with Crippen molar-refractivity contribution in [1.29, 1.82) is 5.26 Å². The van der Waals surface area contributed by atoms with Crippen LogP contribution in [-0.2, 0) is 10.2 Å². The van der Waals surface area contributed by atoms with Crippen molar-refractivity contribution in [3.05, 3.63) is 95.6 Å². The fourth-order valence-electron chi connectivity index (χ4n) is 3.93. The van der Waals surface area contributed by atoms with Gasteiger partial charge in [-0.3, -0.25) is 4.79 Å². The maximum absolute atomic E-state index is 13.2. The van der Waals surface area contributed by atoms with Gasteiger partial charge in [0.25, 0.3) is 0 Å². The summed E-state index contributed by atoms with van der Waals surface area (Å²) in [4.78, 5) is 13.2. The van der Waals surface area contributed by atoms with Gasteiger partial charge in [-0.25, -0.2) is 0 Å². The topological polar surface area (TPSA) is 91.6 Å². The molecule has 33 heavy (non-hydrogen) atoms. The zero-order valence-electron chi connectivity index (χ0n) is 19.0. The van der Waals surface area contributed by atoms with Crippen LogP contribution in [-0.4, -0.2) is 31.3 Å². The monoisotopic (exact) mass is 444 g/mol. The largest absolute Gasteiger partial charge is 0.493 e. The molecule has 6 nitrogen and oxygen atoms in total. The predicted octanol–water partition coefficient (Wildman–Crippen LogP) is 4.14. The molecule has 0 aliphatic rings. The number of amides is 1. The molecule has 3 aromatic carbocycles. The molecule has 3 atom stereocenters. The minimum atomic E-state index is -1.26. The molecule has 0 spiro atoms. The minimum absolute atomic E-state index is 0.130. The molecule has 3 unspecified atom stereocenters. The SMILES string of the molecule is COc1ccc(C(C#N)(CC(=O)NC(C)C(O)c2ccccc2)c2ccccc2)cc1OC. The number of ether oxygens (including phenoxy) is 2. The van der Waals surface area contributed by atoms with Gasteiger partial charge in [-0.1, -0.05) is 66.7 Å². The average molecular weight is 445 g/mol. The van der Waals surface area contributed by atoms with Gasteiger partial charge in [0.2, 0.25) is 5.91 Å². The van der Waals surface area contributed by atoms with Crippen molar-refractivity contribution < 1.29 is 19.4 Å². The fraction of sp³-hybridized carbons (Fsp3) is 0.259. The maximum atomic E-state index is 13.2. The molecule has 6 heteroatoms. The minimum Gasteiger partial charge on any atom is -0.493 e. The van der Waals surface area contributed by atoms with Gasteiger partial charge >= 0.3 is 0 Å². The highest BCUT2D eigenvalue weighted by molar-refractivity contribution is 5.80. The first kappa shape index (κ1) is 23.8. The summed E-state index contributed by atoms with van der Waals surface area (Å²) in [6, 6.07) is 25.4. The van der Waals surface area contributed by atoms with Crippen molar-refractivity contribution in [3.8, 4) is 17.6 Å². The number of benzene rings is 3. The van der Waals surface area contributed by atoms with E-state index >= 15 is 0 Å². The first-order valence-corrected chi connectivity index (χ1v) is 10.7. The number of nitrogens with zero attached hydrogens (tertiary/aromatic N) is 1. The van der Waals surface area contributed by atoms with Crippen molar-refractivity contribution in [2.45, 2.75) is 30.9 Å². The summed E-state index contributed by atoms with van der Waals surface area (Å²) in [6.45, 7) is 1.74. The van der Waals surface area contributed by atoms with Gasteiger partial charge in [0.05, 0.1) is 38.9 Å². The van der Waals surface area contributed by atoms with E-state index in [0.29, 0.717) is 28.2 Å². The van der Waals surface area contributed by atoms with Gasteiger partial charge in [0.15, 0.2) is 11.5 Å². The lowest BCUT2D eigenvalue weighted by molar-refractivity contribution is -0.123. The molecule has 170 valence electrons.